The first-order chi connectivity index (χ1) is 11.8. The molecular formula is C20H26N2OS. The second kappa shape index (κ2) is 8.45. The number of thioether (sulfide) groups is 1. The minimum absolute atomic E-state index is 0.968. The number of anilines is 1. The van der Waals surface area contributed by atoms with Gasteiger partial charge in [0.05, 0.1) is 12.8 Å². The first-order valence-electron chi connectivity index (χ1n) is 8.62. The highest BCUT2D eigenvalue weighted by atomic mass is 32.2. The van der Waals surface area contributed by atoms with Crippen molar-refractivity contribution in [3.05, 3.63) is 54.1 Å². The van der Waals surface area contributed by atoms with Crippen molar-refractivity contribution in [3.63, 3.8) is 0 Å². The largest absolute Gasteiger partial charge is 0.495 e. The van der Waals surface area contributed by atoms with Gasteiger partial charge in [-0.25, -0.2) is 0 Å². The summed E-state index contributed by atoms with van der Waals surface area (Å²) < 4.78 is 5.49. The smallest absolute Gasteiger partial charge is 0.142 e. The summed E-state index contributed by atoms with van der Waals surface area (Å²) in [6.07, 6.45) is 0. The van der Waals surface area contributed by atoms with Gasteiger partial charge in [-0.1, -0.05) is 31.2 Å². The summed E-state index contributed by atoms with van der Waals surface area (Å²) in [5.41, 5.74) is 2.61. The van der Waals surface area contributed by atoms with Gasteiger partial charge < -0.3 is 9.64 Å². The molecule has 2 aromatic rings. The maximum atomic E-state index is 5.49. The molecule has 0 unspecified atom stereocenters. The quantitative estimate of drug-likeness (QED) is 0.733. The Kier molecular flexibility index (Phi) is 6.05. The molecule has 0 saturated carbocycles. The second-order valence-electron chi connectivity index (χ2n) is 6.01. The number of hydrogen-bond acceptors (Lipinski definition) is 4. The molecule has 0 amide bonds. The Bertz CT molecular complexity index is 636. The average molecular weight is 343 g/mol. The first-order valence-corrected chi connectivity index (χ1v) is 9.60. The van der Waals surface area contributed by atoms with Gasteiger partial charge in [-0.3, -0.25) is 4.90 Å². The Labute approximate surface area is 149 Å². The average Bonchev–Trinajstić information content (AvgIpc) is 2.64. The summed E-state index contributed by atoms with van der Waals surface area (Å²) in [5, 5.41) is 0. The number of rotatable bonds is 6. The van der Waals surface area contributed by atoms with Crippen LogP contribution in [0.25, 0.3) is 0 Å². The van der Waals surface area contributed by atoms with Crippen LogP contribution in [0.15, 0.2) is 53.4 Å². The zero-order valence-electron chi connectivity index (χ0n) is 14.6. The molecule has 0 spiro atoms. The highest BCUT2D eigenvalue weighted by Crippen LogP contribution is 2.28. The van der Waals surface area contributed by atoms with Gasteiger partial charge in [0.2, 0.25) is 0 Å². The van der Waals surface area contributed by atoms with Crippen LogP contribution in [-0.4, -0.2) is 43.9 Å². The molecule has 0 N–H and O–H groups in total. The Morgan fingerprint density at radius 3 is 2.33 bits per heavy atom. The maximum absolute atomic E-state index is 5.49. The zero-order valence-corrected chi connectivity index (χ0v) is 15.4. The van der Waals surface area contributed by atoms with Crippen molar-refractivity contribution in [2.45, 2.75) is 18.4 Å². The number of methoxy groups -OCH3 is 1. The normalized spacial score (nSPS) is 15.5. The van der Waals surface area contributed by atoms with Gasteiger partial charge in [0.25, 0.3) is 0 Å². The molecule has 4 heteroatoms. The molecule has 3 nitrogen and oxygen atoms in total. The van der Waals surface area contributed by atoms with Gasteiger partial charge in [-0.2, -0.15) is 0 Å². The molecule has 1 aliphatic heterocycles. The van der Waals surface area contributed by atoms with Crippen LogP contribution in [0.1, 0.15) is 12.5 Å². The SMILES string of the molecule is CCSc1ccc(CN2CCN(c3ccccc3OC)CC2)cc1. The van der Waals surface area contributed by atoms with Crippen LogP contribution in [0.3, 0.4) is 0 Å². The highest BCUT2D eigenvalue weighted by Gasteiger charge is 2.19. The molecule has 0 radical (unpaired) electrons. The maximum Gasteiger partial charge on any atom is 0.142 e. The Hall–Kier alpha value is -1.65. The lowest BCUT2D eigenvalue weighted by molar-refractivity contribution is 0.249. The van der Waals surface area contributed by atoms with Gasteiger partial charge in [0.15, 0.2) is 0 Å². The Morgan fingerprint density at radius 1 is 0.958 bits per heavy atom. The first kappa shape index (κ1) is 17.2. The molecule has 0 aliphatic carbocycles. The number of nitrogens with zero attached hydrogens (tertiary/aromatic N) is 2. The molecule has 0 bridgehead atoms. The topological polar surface area (TPSA) is 15.7 Å². The van der Waals surface area contributed by atoms with E-state index in [0.29, 0.717) is 0 Å². The van der Waals surface area contributed by atoms with E-state index in [0.717, 1.165) is 44.2 Å². The third kappa shape index (κ3) is 4.25. The van der Waals surface area contributed by atoms with Gasteiger partial charge in [0.1, 0.15) is 5.75 Å². The third-order valence-corrected chi connectivity index (χ3v) is 5.33. The van der Waals surface area contributed by atoms with E-state index < -0.39 is 0 Å². The third-order valence-electron chi connectivity index (χ3n) is 4.44. The van der Waals surface area contributed by atoms with E-state index >= 15 is 0 Å². The minimum atomic E-state index is 0.968. The summed E-state index contributed by atoms with van der Waals surface area (Å²) in [6, 6.07) is 17.3. The van der Waals surface area contributed by atoms with Crippen LogP contribution < -0.4 is 9.64 Å². The van der Waals surface area contributed by atoms with Gasteiger partial charge in [-0.15, -0.1) is 11.8 Å². The second-order valence-corrected chi connectivity index (χ2v) is 7.35. The van der Waals surface area contributed by atoms with Crippen LogP contribution in [0, 0.1) is 0 Å². The number of piperazine rings is 1. The van der Waals surface area contributed by atoms with Crippen molar-refractivity contribution < 1.29 is 4.74 Å². The van der Waals surface area contributed by atoms with Gasteiger partial charge in [-0.05, 0) is 35.6 Å². The molecule has 3 rings (SSSR count). The fourth-order valence-corrected chi connectivity index (χ4v) is 3.82. The van der Waals surface area contributed by atoms with Crippen molar-refractivity contribution in [2.24, 2.45) is 0 Å². The molecule has 24 heavy (non-hydrogen) atoms. The summed E-state index contributed by atoms with van der Waals surface area (Å²) in [7, 11) is 1.75. The molecule has 2 aromatic carbocycles. The monoisotopic (exact) mass is 342 g/mol. The highest BCUT2D eigenvalue weighted by molar-refractivity contribution is 7.99. The van der Waals surface area contributed by atoms with Crippen LogP contribution in [0.2, 0.25) is 0 Å². The number of ether oxygens (including phenoxy) is 1. The zero-order chi connectivity index (χ0) is 16.8. The summed E-state index contributed by atoms with van der Waals surface area (Å²) in [5.74, 6) is 2.10. The van der Waals surface area contributed by atoms with E-state index in [2.05, 4.69) is 53.1 Å². The fraction of sp³-hybridized carbons (Fsp3) is 0.400. The minimum Gasteiger partial charge on any atom is -0.495 e. The van der Waals surface area contributed by atoms with Crippen molar-refractivity contribution in [3.8, 4) is 5.75 Å². The fourth-order valence-electron chi connectivity index (χ4n) is 3.15. The molecule has 1 heterocycles. The predicted molar refractivity (Wildman–Crippen MR) is 103 cm³/mol. The standard InChI is InChI=1S/C20H26N2OS/c1-3-24-18-10-8-17(9-11-18)16-21-12-14-22(15-13-21)19-6-4-5-7-20(19)23-2/h4-11H,3,12-16H2,1-2H3. The van der Waals surface area contributed by atoms with E-state index in [4.69, 9.17) is 4.74 Å². The molecule has 0 atom stereocenters. The molecule has 1 saturated heterocycles. The van der Waals surface area contributed by atoms with E-state index in [9.17, 15) is 0 Å². The summed E-state index contributed by atoms with van der Waals surface area (Å²) in [6.45, 7) is 7.50. The van der Waals surface area contributed by atoms with Crippen LogP contribution in [0.4, 0.5) is 5.69 Å². The Balaban J connectivity index is 1.55. The van der Waals surface area contributed by atoms with Crippen molar-refractivity contribution in [1.82, 2.24) is 4.90 Å². The molecular weight excluding hydrogens is 316 g/mol. The molecule has 1 aliphatic rings. The molecule has 0 aromatic heterocycles. The lowest BCUT2D eigenvalue weighted by Gasteiger charge is -2.36. The molecule has 128 valence electrons. The summed E-state index contributed by atoms with van der Waals surface area (Å²) in [4.78, 5) is 6.33. The van der Waals surface area contributed by atoms with Gasteiger partial charge in [0, 0.05) is 37.6 Å². The van der Waals surface area contributed by atoms with Crippen molar-refractivity contribution in [2.75, 3.05) is 43.9 Å². The number of para-hydroxylation sites is 2. The number of hydrogen-bond donors (Lipinski definition) is 0. The van der Waals surface area contributed by atoms with E-state index in [1.54, 1.807) is 7.11 Å². The lowest BCUT2D eigenvalue weighted by atomic mass is 10.2. The van der Waals surface area contributed by atoms with Crippen molar-refractivity contribution >= 4 is 17.4 Å². The number of benzene rings is 2. The lowest BCUT2D eigenvalue weighted by Crippen LogP contribution is -2.46. The van der Waals surface area contributed by atoms with E-state index in [1.165, 1.54) is 16.1 Å². The van der Waals surface area contributed by atoms with E-state index in [-0.39, 0.29) is 0 Å². The van der Waals surface area contributed by atoms with Crippen molar-refractivity contribution in [1.29, 1.82) is 0 Å². The Morgan fingerprint density at radius 2 is 1.67 bits per heavy atom. The predicted octanol–water partition coefficient (Wildman–Crippen LogP) is 4.13. The van der Waals surface area contributed by atoms with E-state index in [1.807, 2.05) is 23.9 Å². The van der Waals surface area contributed by atoms with Gasteiger partial charge >= 0.3 is 0 Å². The van der Waals surface area contributed by atoms with Crippen LogP contribution in [-0.2, 0) is 6.54 Å². The molecule has 1 fully saturated rings. The summed E-state index contributed by atoms with van der Waals surface area (Å²) >= 11 is 1.90. The van der Waals surface area contributed by atoms with Crippen LogP contribution in [0.5, 0.6) is 5.75 Å². The van der Waals surface area contributed by atoms with Crippen LogP contribution >= 0.6 is 11.8 Å².